The molecule has 0 fully saturated rings. The van der Waals surface area contributed by atoms with Crippen molar-refractivity contribution in [3.8, 4) is 11.3 Å². The highest BCUT2D eigenvalue weighted by Crippen LogP contribution is 2.18. The van der Waals surface area contributed by atoms with Gasteiger partial charge in [0, 0.05) is 24.2 Å². The molecule has 0 radical (unpaired) electrons. The monoisotopic (exact) mass is 269 g/mol. The fourth-order valence-corrected chi connectivity index (χ4v) is 2.05. The Balaban J connectivity index is 2.22. The molecular weight excluding hydrogens is 250 g/mol. The molecule has 1 aromatic heterocycles. The molecule has 1 heterocycles. The molecule has 0 bridgehead atoms. The van der Waals surface area contributed by atoms with Gasteiger partial charge in [-0.2, -0.15) is 0 Å². The average molecular weight is 269 g/mol. The lowest BCUT2D eigenvalue weighted by Gasteiger charge is -2.18. The molecule has 0 unspecified atom stereocenters. The number of hydrogen-bond acceptors (Lipinski definition) is 3. The summed E-state index contributed by atoms with van der Waals surface area (Å²) in [6.45, 7) is 5.40. The van der Waals surface area contributed by atoms with Crippen LogP contribution >= 0.6 is 0 Å². The zero-order chi connectivity index (χ0) is 14.5. The highest BCUT2D eigenvalue weighted by molar-refractivity contribution is 5.94. The summed E-state index contributed by atoms with van der Waals surface area (Å²) in [5, 5.41) is 0. The molecule has 0 saturated heterocycles. The molecule has 0 atom stereocenters. The molecule has 1 amide bonds. The van der Waals surface area contributed by atoms with E-state index in [-0.39, 0.29) is 5.91 Å². The number of hydrogen-bond donors (Lipinski definition) is 1. The lowest BCUT2D eigenvalue weighted by atomic mass is 10.1. The lowest BCUT2D eigenvalue weighted by Crippen LogP contribution is -2.30. The quantitative estimate of drug-likeness (QED) is 0.928. The van der Waals surface area contributed by atoms with Crippen LogP contribution in [0.5, 0.6) is 0 Å². The molecule has 4 heteroatoms. The predicted molar refractivity (Wildman–Crippen MR) is 81.3 cm³/mol. The van der Waals surface area contributed by atoms with E-state index >= 15 is 0 Å². The minimum atomic E-state index is 0.0619. The smallest absolute Gasteiger partial charge is 0.253 e. The Morgan fingerprint density at radius 2 is 1.75 bits per heavy atom. The molecule has 1 aromatic carbocycles. The van der Waals surface area contributed by atoms with Crippen LogP contribution in [0.4, 0.5) is 5.69 Å². The normalized spacial score (nSPS) is 10.3. The summed E-state index contributed by atoms with van der Waals surface area (Å²) in [6, 6.07) is 11.2. The Bertz CT molecular complexity index is 572. The van der Waals surface area contributed by atoms with Crippen molar-refractivity contribution in [2.75, 3.05) is 18.8 Å². The first-order valence-corrected chi connectivity index (χ1v) is 6.77. The maximum absolute atomic E-state index is 12.2. The number of carbonyl (C=O) groups is 1. The van der Waals surface area contributed by atoms with E-state index in [0.29, 0.717) is 11.3 Å². The number of amides is 1. The van der Waals surface area contributed by atoms with Gasteiger partial charge in [0.1, 0.15) is 0 Å². The van der Waals surface area contributed by atoms with Gasteiger partial charge in [-0.15, -0.1) is 0 Å². The Hall–Kier alpha value is -2.36. The number of carbonyl (C=O) groups excluding carboxylic acids is 1. The Kier molecular flexibility index (Phi) is 4.35. The van der Waals surface area contributed by atoms with Crippen molar-refractivity contribution in [1.82, 2.24) is 9.88 Å². The first kappa shape index (κ1) is 14.1. The molecule has 2 rings (SSSR count). The standard InChI is InChI=1S/C16H19N3O/c1-3-19(4-2)16(20)13-7-5-12(6-8-13)15-10-9-14(17)11-18-15/h5-11H,3-4,17H2,1-2H3. The third kappa shape index (κ3) is 2.96. The second kappa shape index (κ2) is 6.19. The molecule has 0 saturated carbocycles. The molecule has 2 N–H and O–H groups in total. The van der Waals surface area contributed by atoms with Crippen LogP contribution in [0.15, 0.2) is 42.6 Å². The van der Waals surface area contributed by atoms with Crippen molar-refractivity contribution in [2.24, 2.45) is 0 Å². The first-order chi connectivity index (χ1) is 9.65. The maximum atomic E-state index is 12.2. The number of nitrogen functional groups attached to an aromatic ring is 1. The van der Waals surface area contributed by atoms with E-state index in [2.05, 4.69) is 4.98 Å². The van der Waals surface area contributed by atoms with E-state index in [1.165, 1.54) is 0 Å². The average Bonchev–Trinajstić information content (AvgIpc) is 2.49. The van der Waals surface area contributed by atoms with Gasteiger partial charge in [-0.25, -0.2) is 0 Å². The van der Waals surface area contributed by atoms with Crippen molar-refractivity contribution in [3.05, 3.63) is 48.2 Å². The molecule has 0 aliphatic rings. The Morgan fingerprint density at radius 3 is 2.25 bits per heavy atom. The van der Waals surface area contributed by atoms with Crippen LogP contribution in [0, 0.1) is 0 Å². The van der Waals surface area contributed by atoms with Crippen LogP contribution in [-0.2, 0) is 0 Å². The van der Waals surface area contributed by atoms with E-state index in [9.17, 15) is 4.79 Å². The number of rotatable bonds is 4. The van der Waals surface area contributed by atoms with Crippen molar-refractivity contribution < 1.29 is 4.79 Å². The summed E-state index contributed by atoms with van der Waals surface area (Å²) >= 11 is 0. The molecule has 4 nitrogen and oxygen atoms in total. The third-order valence-corrected chi connectivity index (χ3v) is 3.26. The highest BCUT2D eigenvalue weighted by atomic mass is 16.2. The Labute approximate surface area is 119 Å². The minimum absolute atomic E-state index is 0.0619. The molecule has 2 aromatic rings. The zero-order valence-corrected chi connectivity index (χ0v) is 11.8. The number of aromatic nitrogens is 1. The Morgan fingerprint density at radius 1 is 1.10 bits per heavy atom. The first-order valence-electron chi connectivity index (χ1n) is 6.77. The van der Waals surface area contributed by atoms with Crippen LogP contribution in [0.25, 0.3) is 11.3 Å². The number of nitrogens with two attached hydrogens (primary N) is 1. The van der Waals surface area contributed by atoms with Gasteiger partial charge in [-0.05, 0) is 38.1 Å². The number of nitrogens with zero attached hydrogens (tertiary/aromatic N) is 2. The summed E-state index contributed by atoms with van der Waals surface area (Å²) in [4.78, 5) is 18.3. The maximum Gasteiger partial charge on any atom is 0.253 e. The largest absolute Gasteiger partial charge is 0.397 e. The van der Waals surface area contributed by atoms with Crippen LogP contribution < -0.4 is 5.73 Å². The molecule has 0 aliphatic heterocycles. The van der Waals surface area contributed by atoms with Gasteiger partial charge in [0.2, 0.25) is 0 Å². The topological polar surface area (TPSA) is 59.2 Å². The number of anilines is 1. The van der Waals surface area contributed by atoms with Crippen molar-refractivity contribution >= 4 is 11.6 Å². The molecular formula is C16H19N3O. The van der Waals surface area contributed by atoms with Gasteiger partial charge >= 0.3 is 0 Å². The molecule has 0 spiro atoms. The van der Waals surface area contributed by atoms with Crippen molar-refractivity contribution in [1.29, 1.82) is 0 Å². The number of pyridine rings is 1. The fourth-order valence-electron chi connectivity index (χ4n) is 2.05. The van der Waals surface area contributed by atoms with Crippen LogP contribution in [-0.4, -0.2) is 28.9 Å². The fraction of sp³-hybridized carbons (Fsp3) is 0.250. The number of benzene rings is 1. The summed E-state index contributed by atoms with van der Waals surface area (Å²) in [7, 11) is 0. The van der Waals surface area contributed by atoms with Gasteiger partial charge in [-0.1, -0.05) is 12.1 Å². The van der Waals surface area contributed by atoms with Gasteiger partial charge < -0.3 is 10.6 Å². The van der Waals surface area contributed by atoms with Crippen molar-refractivity contribution in [2.45, 2.75) is 13.8 Å². The van der Waals surface area contributed by atoms with Gasteiger partial charge in [0.05, 0.1) is 17.6 Å². The van der Waals surface area contributed by atoms with Crippen LogP contribution in [0.3, 0.4) is 0 Å². The van der Waals surface area contributed by atoms with E-state index in [1.807, 2.05) is 50.2 Å². The summed E-state index contributed by atoms with van der Waals surface area (Å²) in [5.74, 6) is 0.0619. The van der Waals surface area contributed by atoms with Crippen LogP contribution in [0.2, 0.25) is 0 Å². The molecule has 104 valence electrons. The van der Waals surface area contributed by atoms with E-state index in [0.717, 1.165) is 24.3 Å². The van der Waals surface area contributed by atoms with E-state index in [1.54, 1.807) is 11.1 Å². The SMILES string of the molecule is CCN(CC)C(=O)c1ccc(-c2ccc(N)cn2)cc1. The minimum Gasteiger partial charge on any atom is -0.397 e. The third-order valence-electron chi connectivity index (χ3n) is 3.26. The molecule has 20 heavy (non-hydrogen) atoms. The van der Waals surface area contributed by atoms with Crippen LogP contribution in [0.1, 0.15) is 24.2 Å². The van der Waals surface area contributed by atoms with E-state index < -0.39 is 0 Å². The summed E-state index contributed by atoms with van der Waals surface area (Å²) in [6.07, 6.45) is 1.63. The summed E-state index contributed by atoms with van der Waals surface area (Å²) < 4.78 is 0. The van der Waals surface area contributed by atoms with Gasteiger partial charge in [0.25, 0.3) is 5.91 Å². The van der Waals surface area contributed by atoms with Crippen molar-refractivity contribution in [3.63, 3.8) is 0 Å². The van der Waals surface area contributed by atoms with Gasteiger partial charge in [0.15, 0.2) is 0 Å². The molecule has 0 aliphatic carbocycles. The summed E-state index contributed by atoms with van der Waals surface area (Å²) in [5.41, 5.74) is 8.78. The second-order valence-corrected chi connectivity index (χ2v) is 4.53. The highest BCUT2D eigenvalue weighted by Gasteiger charge is 2.12. The van der Waals surface area contributed by atoms with Gasteiger partial charge in [-0.3, -0.25) is 9.78 Å². The lowest BCUT2D eigenvalue weighted by molar-refractivity contribution is 0.0773. The van der Waals surface area contributed by atoms with E-state index in [4.69, 9.17) is 5.73 Å². The second-order valence-electron chi connectivity index (χ2n) is 4.53. The predicted octanol–water partition coefficient (Wildman–Crippen LogP) is 2.81. The zero-order valence-electron chi connectivity index (χ0n) is 11.8.